The predicted molar refractivity (Wildman–Crippen MR) is 99.6 cm³/mol. The number of pyridine rings is 1. The maximum absolute atomic E-state index is 12.2. The van der Waals surface area contributed by atoms with Gasteiger partial charge in [-0.3, -0.25) is 9.78 Å². The van der Waals surface area contributed by atoms with E-state index in [4.69, 9.17) is 11.6 Å². The van der Waals surface area contributed by atoms with Crippen molar-refractivity contribution >= 4 is 40.0 Å². The van der Waals surface area contributed by atoms with Crippen LogP contribution < -0.4 is 4.90 Å². The fraction of sp³-hybridized carbons (Fsp3) is 0.389. The number of ketones is 1. The maximum atomic E-state index is 12.2. The summed E-state index contributed by atoms with van der Waals surface area (Å²) in [4.78, 5) is 34.3. The largest absolute Gasteiger partial charge is 0.366 e. The lowest BCUT2D eigenvalue weighted by Crippen LogP contribution is -2.51. The molecule has 0 unspecified atom stereocenters. The minimum absolute atomic E-state index is 0.00512. The van der Waals surface area contributed by atoms with Crippen molar-refractivity contribution in [3.8, 4) is 0 Å². The number of hydrogen-bond acceptors (Lipinski definition) is 4. The molecule has 2 amide bonds. The number of nitrogens with zero attached hydrogens (tertiary/aromatic N) is 4. The summed E-state index contributed by atoms with van der Waals surface area (Å²) in [7, 11) is 3.50. The highest BCUT2D eigenvalue weighted by Crippen LogP contribution is 2.35. The summed E-state index contributed by atoms with van der Waals surface area (Å²) in [5.74, 6) is -0.0451. The standard InChI is InChI=1S/C18H21ClN4O2/c1-12(24)14-11-15(19)13-5-4-6-20-16(13)17(14)22-7-9-23(10-8-22)18(25)21(2)3/h4-6,11H,7-10H2,1-3H3. The van der Waals surface area contributed by atoms with Crippen LogP contribution in [0, 0.1) is 0 Å². The highest BCUT2D eigenvalue weighted by atomic mass is 35.5. The molecule has 0 aliphatic carbocycles. The molecule has 3 rings (SSSR count). The first-order chi connectivity index (χ1) is 11.9. The summed E-state index contributed by atoms with van der Waals surface area (Å²) in [6, 6.07) is 5.47. The highest BCUT2D eigenvalue weighted by Gasteiger charge is 2.26. The Morgan fingerprint density at radius 3 is 2.48 bits per heavy atom. The number of rotatable bonds is 2. The Bertz CT molecular complexity index is 829. The average molecular weight is 361 g/mol. The molecule has 1 aliphatic heterocycles. The first-order valence-electron chi connectivity index (χ1n) is 8.19. The number of carbonyl (C=O) groups is 2. The fourth-order valence-electron chi connectivity index (χ4n) is 3.18. The van der Waals surface area contributed by atoms with Crippen LogP contribution in [-0.2, 0) is 0 Å². The number of urea groups is 1. The average Bonchev–Trinajstić information content (AvgIpc) is 2.61. The van der Waals surface area contributed by atoms with Crippen LogP contribution in [0.25, 0.3) is 10.9 Å². The van der Waals surface area contributed by atoms with E-state index in [0.29, 0.717) is 36.8 Å². The lowest BCUT2D eigenvalue weighted by molar-refractivity contribution is 0.101. The number of hydrogen-bond donors (Lipinski definition) is 0. The molecule has 132 valence electrons. The molecule has 1 aromatic heterocycles. The van der Waals surface area contributed by atoms with Crippen LogP contribution in [0.1, 0.15) is 17.3 Å². The van der Waals surface area contributed by atoms with E-state index in [1.807, 2.05) is 17.0 Å². The number of aromatic nitrogens is 1. The number of piperazine rings is 1. The molecule has 25 heavy (non-hydrogen) atoms. The van der Waals surface area contributed by atoms with E-state index in [1.54, 1.807) is 31.3 Å². The third-order valence-electron chi connectivity index (χ3n) is 4.44. The van der Waals surface area contributed by atoms with Gasteiger partial charge in [-0.1, -0.05) is 11.6 Å². The summed E-state index contributed by atoms with van der Waals surface area (Å²) in [6.07, 6.45) is 1.71. The zero-order valence-corrected chi connectivity index (χ0v) is 15.4. The molecule has 0 bridgehead atoms. The van der Waals surface area contributed by atoms with Gasteiger partial charge in [0.25, 0.3) is 0 Å². The van der Waals surface area contributed by atoms with Crippen molar-refractivity contribution in [2.75, 3.05) is 45.2 Å². The SMILES string of the molecule is CC(=O)c1cc(Cl)c2cccnc2c1N1CCN(C(=O)N(C)C)CC1. The lowest BCUT2D eigenvalue weighted by atomic mass is 10.0. The van der Waals surface area contributed by atoms with E-state index in [2.05, 4.69) is 9.88 Å². The van der Waals surface area contributed by atoms with E-state index in [9.17, 15) is 9.59 Å². The van der Waals surface area contributed by atoms with Crippen LogP contribution >= 0.6 is 11.6 Å². The van der Waals surface area contributed by atoms with E-state index < -0.39 is 0 Å². The number of Topliss-reactive ketones (excluding diaryl/α,β-unsaturated/α-hetero) is 1. The van der Waals surface area contributed by atoms with Crippen molar-refractivity contribution in [1.29, 1.82) is 0 Å². The highest BCUT2D eigenvalue weighted by molar-refractivity contribution is 6.36. The van der Waals surface area contributed by atoms with Crippen molar-refractivity contribution in [2.45, 2.75) is 6.92 Å². The predicted octanol–water partition coefficient (Wildman–Crippen LogP) is 2.89. The van der Waals surface area contributed by atoms with Crippen molar-refractivity contribution in [1.82, 2.24) is 14.8 Å². The molecule has 1 saturated heterocycles. The monoisotopic (exact) mass is 360 g/mol. The molecular weight excluding hydrogens is 340 g/mol. The second kappa shape index (κ2) is 6.88. The number of benzene rings is 1. The number of fused-ring (bicyclic) bond motifs is 1. The van der Waals surface area contributed by atoms with Gasteiger partial charge in [-0.15, -0.1) is 0 Å². The Balaban J connectivity index is 1.99. The molecule has 1 aromatic carbocycles. The molecule has 6 nitrogen and oxygen atoms in total. The molecule has 1 fully saturated rings. The number of amides is 2. The zero-order valence-electron chi connectivity index (χ0n) is 14.6. The Kier molecular flexibility index (Phi) is 4.81. The first kappa shape index (κ1) is 17.5. The maximum Gasteiger partial charge on any atom is 0.319 e. The number of anilines is 1. The van der Waals surface area contributed by atoms with Gasteiger partial charge in [0.05, 0.1) is 16.2 Å². The van der Waals surface area contributed by atoms with Gasteiger partial charge in [0.1, 0.15) is 0 Å². The molecule has 0 radical (unpaired) electrons. The minimum atomic E-state index is -0.0451. The van der Waals surface area contributed by atoms with Gasteiger partial charge in [-0.25, -0.2) is 4.79 Å². The smallest absolute Gasteiger partial charge is 0.319 e. The topological polar surface area (TPSA) is 56.8 Å². The molecule has 0 N–H and O–H groups in total. The van der Waals surface area contributed by atoms with Crippen molar-refractivity contribution in [2.24, 2.45) is 0 Å². The lowest BCUT2D eigenvalue weighted by Gasteiger charge is -2.38. The Hall–Kier alpha value is -2.34. The summed E-state index contributed by atoms with van der Waals surface area (Å²) < 4.78 is 0. The van der Waals surface area contributed by atoms with Gasteiger partial charge in [-0.05, 0) is 25.1 Å². The first-order valence-corrected chi connectivity index (χ1v) is 8.57. The number of carbonyl (C=O) groups excluding carboxylic acids is 2. The summed E-state index contributed by atoms with van der Waals surface area (Å²) in [5.41, 5.74) is 2.11. The summed E-state index contributed by atoms with van der Waals surface area (Å²) >= 11 is 6.35. The van der Waals surface area contributed by atoms with Gasteiger partial charge in [0, 0.05) is 57.4 Å². The Labute approximate surface area is 152 Å². The molecule has 2 aromatic rings. The minimum Gasteiger partial charge on any atom is -0.366 e. The molecule has 0 saturated carbocycles. The fourth-order valence-corrected chi connectivity index (χ4v) is 3.44. The Morgan fingerprint density at radius 1 is 1.20 bits per heavy atom. The molecule has 7 heteroatoms. The second-order valence-electron chi connectivity index (χ2n) is 6.36. The number of halogens is 1. The van der Waals surface area contributed by atoms with Crippen molar-refractivity contribution in [3.63, 3.8) is 0 Å². The van der Waals surface area contributed by atoms with Crippen LogP contribution in [0.4, 0.5) is 10.5 Å². The molecule has 2 heterocycles. The van der Waals surface area contributed by atoms with Gasteiger partial charge in [-0.2, -0.15) is 0 Å². The second-order valence-corrected chi connectivity index (χ2v) is 6.77. The summed E-state index contributed by atoms with van der Waals surface area (Å²) in [6.45, 7) is 4.03. The third-order valence-corrected chi connectivity index (χ3v) is 4.76. The normalized spacial score (nSPS) is 14.7. The van der Waals surface area contributed by atoms with Crippen molar-refractivity contribution < 1.29 is 9.59 Å². The van der Waals surface area contributed by atoms with Gasteiger partial charge >= 0.3 is 6.03 Å². The van der Waals surface area contributed by atoms with E-state index in [1.165, 1.54) is 6.92 Å². The van der Waals surface area contributed by atoms with Crippen LogP contribution in [-0.4, -0.2) is 66.9 Å². The molecule has 0 atom stereocenters. The van der Waals surface area contributed by atoms with Gasteiger partial charge in [0.15, 0.2) is 5.78 Å². The molecular formula is C18H21ClN4O2. The Morgan fingerprint density at radius 2 is 1.88 bits per heavy atom. The van der Waals surface area contributed by atoms with E-state index in [0.717, 1.165) is 16.6 Å². The van der Waals surface area contributed by atoms with E-state index in [-0.39, 0.29) is 11.8 Å². The van der Waals surface area contributed by atoms with Crippen LogP contribution in [0.3, 0.4) is 0 Å². The van der Waals surface area contributed by atoms with Crippen LogP contribution in [0.5, 0.6) is 0 Å². The quantitative estimate of drug-likeness (QED) is 0.773. The van der Waals surface area contributed by atoms with Crippen LogP contribution in [0.2, 0.25) is 5.02 Å². The van der Waals surface area contributed by atoms with Gasteiger partial charge in [0.2, 0.25) is 0 Å². The van der Waals surface area contributed by atoms with Gasteiger partial charge < -0.3 is 14.7 Å². The zero-order chi connectivity index (χ0) is 18.1. The third kappa shape index (κ3) is 3.26. The summed E-state index contributed by atoms with van der Waals surface area (Å²) in [5, 5.41) is 1.36. The van der Waals surface area contributed by atoms with Crippen molar-refractivity contribution in [3.05, 3.63) is 35.0 Å². The van der Waals surface area contributed by atoms with E-state index >= 15 is 0 Å². The van der Waals surface area contributed by atoms with Crippen LogP contribution in [0.15, 0.2) is 24.4 Å². The molecule has 0 spiro atoms. The molecule has 1 aliphatic rings.